The minimum absolute atomic E-state index is 0.0158. The molecule has 3 aromatic rings. The van der Waals surface area contributed by atoms with Gasteiger partial charge in [0.25, 0.3) is 5.56 Å². The van der Waals surface area contributed by atoms with Crippen LogP contribution in [-0.4, -0.2) is 25.4 Å². The van der Waals surface area contributed by atoms with Crippen LogP contribution >= 0.6 is 0 Å². The maximum Gasteiger partial charge on any atom is 0.329 e. The zero-order valence-corrected chi connectivity index (χ0v) is 17.8. The topological polar surface area (TPSA) is 181 Å². The summed E-state index contributed by atoms with van der Waals surface area (Å²) in [6.07, 6.45) is 0. The van der Waals surface area contributed by atoms with Gasteiger partial charge in [0.2, 0.25) is 5.78 Å². The number of aryl methyl sites for hydroxylation is 1. The second kappa shape index (κ2) is 8.39. The number of rotatable bonds is 5. The van der Waals surface area contributed by atoms with Crippen LogP contribution in [0.2, 0.25) is 0 Å². The molecule has 0 aliphatic rings. The highest BCUT2D eigenvalue weighted by Crippen LogP contribution is 2.27. The van der Waals surface area contributed by atoms with Crippen LogP contribution in [0.25, 0.3) is 0 Å². The fourth-order valence-corrected chi connectivity index (χ4v) is 3.56. The first kappa shape index (κ1) is 22.3. The number of hydrogen-bond acceptors (Lipinski definition) is 8. The highest BCUT2D eigenvalue weighted by atomic mass is 16.3. The van der Waals surface area contributed by atoms with Gasteiger partial charge >= 0.3 is 5.69 Å². The summed E-state index contributed by atoms with van der Waals surface area (Å²) in [6.45, 7) is 4.86. The number of anilines is 2. The van der Waals surface area contributed by atoms with Gasteiger partial charge in [0.05, 0.1) is 18.2 Å². The maximum absolute atomic E-state index is 13.6. The van der Waals surface area contributed by atoms with Gasteiger partial charge in [0.1, 0.15) is 11.5 Å². The number of aromatic nitrogens is 3. The van der Waals surface area contributed by atoms with Crippen LogP contribution in [0.1, 0.15) is 58.1 Å². The molecule has 2 aromatic heterocycles. The minimum Gasteiger partial charge on any atom is -0.504 e. The Morgan fingerprint density at radius 2 is 1.94 bits per heavy atom. The maximum atomic E-state index is 13.6. The second-order valence-electron chi connectivity index (χ2n) is 7.73. The van der Waals surface area contributed by atoms with E-state index in [1.165, 1.54) is 12.1 Å². The molecule has 0 spiro atoms. The van der Waals surface area contributed by atoms with Crippen molar-refractivity contribution in [3.63, 3.8) is 0 Å². The highest BCUT2D eigenvalue weighted by Gasteiger charge is 2.26. The Morgan fingerprint density at radius 3 is 2.56 bits per heavy atom. The first-order chi connectivity index (χ1) is 15.0. The summed E-state index contributed by atoms with van der Waals surface area (Å²) in [5.74, 6) is -1.62. The van der Waals surface area contributed by atoms with Crippen molar-refractivity contribution in [2.45, 2.75) is 33.2 Å². The van der Waals surface area contributed by atoms with Gasteiger partial charge in [-0.3, -0.25) is 19.1 Å². The fraction of sp³-hybridized carbons (Fsp3) is 0.227. The molecule has 6 N–H and O–H groups in total. The van der Waals surface area contributed by atoms with Crippen LogP contribution < -0.4 is 22.7 Å². The first-order valence-electron chi connectivity index (χ1n) is 9.70. The van der Waals surface area contributed by atoms with Crippen molar-refractivity contribution >= 4 is 17.4 Å². The Kier molecular flexibility index (Phi) is 5.85. The number of ketones is 1. The number of carbonyl (C=O) groups is 1. The van der Waals surface area contributed by atoms with E-state index in [1.807, 2.05) is 6.07 Å². The Bertz CT molecular complexity index is 1400. The third-order valence-electron chi connectivity index (χ3n) is 4.94. The molecule has 2 heterocycles. The number of nitrogens with zero attached hydrogens (tertiary/aromatic N) is 3. The molecule has 0 saturated heterocycles. The van der Waals surface area contributed by atoms with E-state index in [0.29, 0.717) is 5.56 Å². The van der Waals surface area contributed by atoms with Crippen LogP contribution in [0.3, 0.4) is 0 Å². The molecule has 32 heavy (non-hydrogen) atoms. The third-order valence-corrected chi connectivity index (χ3v) is 4.94. The Morgan fingerprint density at radius 1 is 1.25 bits per heavy atom. The summed E-state index contributed by atoms with van der Waals surface area (Å²) in [6, 6.07) is 7.91. The van der Waals surface area contributed by atoms with Crippen molar-refractivity contribution < 1.29 is 9.90 Å². The number of H-pyrrole nitrogens is 1. The average molecular weight is 434 g/mol. The lowest BCUT2D eigenvalue weighted by atomic mass is 9.95. The quantitative estimate of drug-likeness (QED) is 0.434. The molecule has 0 aliphatic carbocycles. The van der Waals surface area contributed by atoms with Crippen molar-refractivity contribution in [3.8, 4) is 11.8 Å². The van der Waals surface area contributed by atoms with Gasteiger partial charge in [0.15, 0.2) is 11.6 Å². The SMILES string of the molecule is Cc1cc(C#N)cc(C(=O)c2c(C(C)C)c(=O)[nH]c(=O)n2Cc2cc(N)nc(N)c2O)c1. The predicted molar refractivity (Wildman–Crippen MR) is 119 cm³/mol. The minimum atomic E-state index is -0.843. The van der Waals surface area contributed by atoms with Crippen LogP contribution in [0, 0.1) is 18.3 Å². The number of nitriles is 1. The van der Waals surface area contributed by atoms with E-state index in [-0.39, 0.29) is 51.9 Å². The third kappa shape index (κ3) is 4.09. The molecule has 0 aliphatic heterocycles. The molecule has 0 atom stereocenters. The summed E-state index contributed by atoms with van der Waals surface area (Å²) in [7, 11) is 0. The molecule has 0 amide bonds. The van der Waals surface area contributed by atoms with Crippen molar-refractivity contribution in [2.24, 2.45) is 0 Å². The standard InChI is InChI=1S/C22H22N6O4/c1-10(2)16-17(18(29)13-5-11(3)4-12(6-13)8-23)28(22(32)27-21(16)31)9-14-7-15(24)26-20(25)19(14)30/h4-7,10,30H,9H2,1-3H3,(H4,24,25,26)(H,27,31,32). The van der Waals surface area contributed by atoms with Crippen molar-refractivity contribution in [2.75, 3.05) is 11.5 Å². The Labute approximate surface area is 182 Å². The smallest absolute Gasteiger partial charge is 0.329 e. The normalized spacial score (nSPS) is 10.8. The van der Waals surface area contributed by atoms with Gasteiger partial charge in [-0.1, -0.05) is 13.8 Å². The zero-order chi connectivity index (χ0) is 23.7. The number of aromatic hydroxyl groups is 1. The molecule has 0 unspecified atom stereocenters. The van der Waals surface area contributed by atoms with Gasteiger partial charge in [-0.05, 0) is 42.7 Å². The van der Waals surface area contributed by atoms with Gasteiger partial charge in [0, 0.05) is 16.7 Å². The summed E-state index contributed by atoms with van der Waals surface area (Å²) in [5.41, 5.74) is 11.1. The monoisotopic (exact) mass is 434 g/mol. The van der Waals surface area contributed by atoms with Gasteiger partial charge < -0.3 is 16.6 Å². The number of nitrogens with one attached hydrogen (secondary N) is 1. The number of aromatic amines is 1. The van der Waals surface area contributed by atoms with Gasteiger partial charge in [-0.15, -0.1) is 0 Å². The number of pyridine rings is 1. The lowest BCUT2D eigenvalue weighted by molar-refractivity contribution is 0.102. The highest BCUT2D eigenvalue weighted by molar-refractivity contribution is 6.09. The molecule has 0 fully saturated rings. The van der Waals surface area contributed by atoms with Crippen LogP contribution in [0.4, 0.5) is 11.6 Å². The largest absolute Gasteiger partial charge is 0.504 e. The molecule has 1 aromatic carbocycles. The summed E-state index contributed by atoms with van der Waals surface area (Å²) in [5, 5.41) is 19.6. The van der Waals surface area contributed by atoms with E-state index in [0.717, 1.165) is 4.57 Å². The van der Waals surface area contributed by atoms with Crippen molar-refractivity contribution in [1.29, 1.82) is 5.26 Å². The van der Waals surface area contributed by atoms with Crippen LogP contribution in [-0.2, 0) is 6.54 Å². The predicted octanol–water partition coefficient (Wildman–Crippen LogP) is 1.38. The van der Waals surface area contributed by atoms with Crippen molar-refractivity contribution in [1.82, 2.24) is 14.5 Å². The average Bonchev–Trinajstić information content (AvgIpc) is 2.71. The van der Waals surface area contributed by atoms with Crippen molar-refractivity contribution in [3.05, 3.63) is 78.6 Å². The number of nitrogens with two attached hydrogens (primary N) is 2. The molecular weight excluding hydrogens is 412 g/mol. The molecule has 10 heteroatoms. The van der Waals surface area contributed by atoms with Crippen LogP contribution in [0.15, 0.2) is 33.9 Å². The molecule has 0 saturated carbocycles. The molecule has 164 valence electrons. The van der Waals surface area contributed by atoms with Crippen LogP contribution in [0.5, 0.6) is 5.75 Å². The summed E-state index contributed by atoms with van der Waals surface area (Å²) >= 11 is 0. The fourth-order valence-electron chi connectivity index (χ4n) is 3.56. The Balaban J connectivity index is 2.33. The molecular formula is C22H22N6O4. The molecule has 3 rings (SSSR count). The molecule has 10 nitrogen and oxygen atoms in total. The van der Waals surface area contributed by atoms with E-state index in [2.05, 4.69) is 9.97 Å². The number of carbonyl (C=O) groups excluding carboxylic acids is 1. The van der Waals surface area contributed by atoms with E-state index in [1.54, 1.807) is 32.9 Å². The van der Waals surface area contributed by atoms with E-state index < -0.39 is 23.0 Å². The second-order valence-corrected chi connectivity index (χ2v) is 7.73. The van der Waals surface area contributed by atoms with Gasteiger partial charge in [-0.2, -0.15) is 5.26 Å². The number of benzene rings is 1. The van der Waals surface area contributed by atoms with Gasteiger partial charge in [-0.25, -0.2) is 9.78 Å². The Hall–Kier alpha value is -4.39. The first-order valence-corrected chi connectivity index (χ1v) is 9.70. The summed E-state index contributed by atoms with van der Waals surface area (Å²) < 4.78 is 1.06. The lowest BCUT2D eigenvalue weighted by Crippen LogP contribution is -2.38. The molecule has 0 radical (unpaired) electrons. The molecule has 0 bridgehead atoms. The summed E-state index contributed by atoms with van der Waals surface area (Å²) in [4.78, 5) is 45.0. The van der Waals surface area contributed by atoms with E-state index >= 15 is 0 Å². The number of nitrogen functional groups attached to an aromatic ring is 2. The lowest BCUT2D eigenvalue weighted by Gasteiger charge is -2.18. The van der Waals surface area contributed by atoms with E-state index in [9.17, 15) is 24.8 Å². The van der Waals surface area contributed by atoms with E-state index in [4.69, 9.17) is 11.5 Å². The number of hydrogen-bond donors (Lipinski definition) is 4. The zero-order valence-electron chi connectivity index (χ0n) is 17.8.